The first-order valence-electron chi connectivity index (χ1n) is 7.53. The summed E-state index contributed by atoms with van der Waals surface area (Å²) in [5.74, 6) is 1.72. The Bertz CT molecular complexity index is 666. The minimum Gasteiger partial charge on any atom is -0.493 e. The number of aliphatic imine (C=N–C) groups is 1. The van der Waals surface area contributed by atoms with Crippen molar-refractivity contribution < 1.29 is 9.47 Å². The minimum atomic E-state index is 0.360. The first kappa shape index (κ1) is 16.7. The van der Waals surface area contributed by atoms with Crippen LogP contribution in [0, 0.1) is 0 Å². The van der Waals surface area contributed by atoms with Crippen LogP contribution < -0.4 is 20.5 Å². The normalized spacial score (nSPS) is 11.2. The van der Waals surface area contributed by atoms with Crippen LogP contribution in [0.2, 0.25) is 0 Å². The maximum Gasteiger partial charge on any atom is 0.193 e. The molecule has 0 aliphatic rings. The van der Waals surface area contributed by atoms with Crippen molar-refractivity contribution in [3.63, 3.8) is 0 Å². The van der Waals surface area contributed by atoms with Crippen molar-refractivity contribution in [2.24, 2.45) is 10.7 Å². The number of methoxy groups -OCH3 is 2. The van der Waals surface area contributed by atoms with Crippen molar-refractivity contribution in [2.45, 2.75) is 19.9 Å². The molecule has 0 fully saturated rings. The molecule has 122 valence electrons. The van der Waals surface area contributed by atoms with E-state index >= 15 is 0 Å². The maximum atomic E-state index is 5.95. The number of para-hydroxylation sites is 1. The number of anilines is 1. The fourth-order valence-electron chi connectivity index (χ4n) is 2.26. The highest BCUT2D eigenvalue weighted by atomic mass is 16.5. The summed E-state index contributed by atoms with van der Waals surface area (Å²) in [6, 6.07) is 13.8. The van der Waals surface area contributed by atoms with Gasteiger partial charge < -0.3 is 20.5 Å². The Morgan fingerprint density at radius 1 is 1.09 bits per heavy atom. The monoisotopic (exact) mass is 313 g/mol. The first-order valence-corrected chi connectivity index (χ1v) is 7.53. The summed E-state index contributed by atoms with van der Waals surface area (Å²) in [4.78, 5) is 4.36. The summed E-state index contributed by atoms with van der Waals surface area (Å²) >= 11 is 0. The van der Waals surface area contributed by atoms with Gasteiger partial charge in [-0.15, -0.1) is 0 Å². The Kier molecular flexibility index (Phi) is 5.86. The van der Waals surface area contributed by atoms with E-state index in [-0.39, 0.29) is 0 Å². The molecule has 0 saturated carbocycles. The molecular formula is C18H23N3O2. The van der Waals surface area contributed by atoms with Crippen molar-refractivity contribution in [2.75, 3.05) is 19.5 Å². The molecule has 23 heavy (non-hydrogen) atoms. The smallest absolute Gasteiger partial charge is 0.193 e. The summed E-state index contributed by atoms with van der Waals surface area (Å²) in [6.07, 6.45) is 1.01. The Balaban J connectivity index is 2.07. The van der Waals surface area contributed by atoms with Crippen LogP contribution >= 0.6 is 0 Å². The number of hydrogen-bond acceptors (Lipinski definition) is 3. The van der Waals surface area contributed by atoms with E-state index < -0.39 is 0 Å². The van der Waals surface area contributed by atoms with Crippen LogP contribution in [0.4, 0.5) is 5.69 Å². The standard InChI is InChI=1S/C18H23N3O2/c1-4-13-8-10-15(11-9-13)21-18(19)20-12-14-6-5-7-16(22-2)17(14)23-3/h5-11H,4,12H2,1-3H3,(H3,19,20,21). The number of aryl methyl sites for hydroxylation is 1. The van der Waals surface area contributed by atoms with Crippen LogP contribution in [0.1, 0.15) is 18.1 Å². The summed E-state index contributed by atoms with van der Waals surface area (Å²) in [6.45, 7) is 2.53. The largest absolute Gasteiger partial charge is 0.493 e. The van der Waals surface area contributed by atoms with Gasteiger partial charge >= 0.3 is 0 Å². The average molecular weight is 313 g/mol. The molecule has 0 saturated heterocycles. The number of hydrogen-bond donors (Lipinski definition) is 2. The Labute approximate surface area is 137 Å². The Hall–Kier alpha value is -2.69. The third-order valence-electron chi connectivity index (χ3n) is 3.54. The zero-order chi connectivity index (χ0) is 16.7. The molecule has 0 bridgehead atoms. The van der Waals surface area contributed by atoms with Crippen LogP contribution in [-0.4, -0.2) is 20.2 Å². The van der Waals surface area contributed by atoms with Gasteiger partial charge in [0, 0.05) is 11.3 Å². The second-order valence-electron chi connectivity index (χ2n) is 5.03. The van der Waals surface area contributed by atoms with E-state index in [0.29, 0.717) is 24.0 Å². The predicted molar refractivity (Wildman–Crippen MR) is 94.3 cm³/mol. The molecular weight excluding hydrogens is 290 g/mol. The van der Waals surface area contributed by atoms with Gasteiger partial charge in [-0.05, 0) is 30.2 Å². The molecule has 2 aromatic rings. The van der Waals surface area contributed by atoms with Crippen molar-refractivity contribution in [3.8, 4) is 11.5 Å². The Morgan fingerprint density at radius 2 is 1.83 bits per heavy atom. The summed E-state index contributed by atoms with van der Waals surface area (Å²) in [5, 5.41) is 3.09. The fraction of sp³-hybridized carbons (Fsp3) is 0.278. The number of guanidine groups is 1. The van der Waals surface area contributed by atoms with Gasteiger partial charge in [0.25, 0.3) is 0 Å². The number of benzene rings is 2. The summed E-state index contributed by atoms with van der Waals surface area (Å²) < 4.78 is 10.7. The molecule has 0 aromatic heterocycles. The summed E-state index contributed by atoms with van der Waals surface area (Å²) in [5.41, 5.74) is 9.07. The molecule has 0 atom stereocenters. The molecule has 0 heterocycles. The van der Waals surface area contributed by atoms with Gasteiger partial charge in [-0.25, -0.2) is 4.99 Å². The van der Waals surface area contributed by atoms with Crippen molar-refractivity contribution >= 4 is 11.6 Å². The number of rotatable bonds is 6. The van der Waals surface area contributed by atoms with E-state index in [0.717, 1.165) is 17.7 Å². The van der Waals surface area contributed by atoms with Crippen molar-refractivity contribution in [1.29, 1.82) is 0 Å². The molecule has 0 radical (unpaired) electrons. The van der Waals surface area contributed by atoms with E-state index in [4.69, 9.17) is 15.2 Å². The van der Waals surface area contributed by atoms with Crippen molar-refractivity contribution in [1.82, 2.24) is 0 Å². The maximum absolute atomic E-state index is 5.95. The lowest BCUT2D eigenvalue weighted by Crippen LogP contribution is -2.22. The van der Waals surface area contributed by atoms with Crippen molar-refractivity contribution in [3.05, 3.63) is 53.6 Å². The van der Waals surface area contributed by atoms with Gasteiger partial charge in [0.1, 0.15) is 0 Å². The fourth-order valence-corrected chi connectivity index (χ4v) is 2.26. The molecule has 5 nitrogen and oxygen atoms in total. The highest BCUT2D eigenvalue weighted by Gasteiger charge is 2.08. The molecule has 2 rings (SSSR count). The quantitative estimate of drug-likeness (QED) is 0.635. The van der Waals surface area contributed by atoms with Gasteiger partial charge in [-0.3, -0.25) is 0 Å². The van der Waals surface area contributed by atoms with Crippen LogP contribution in [-0.2, 0) is 13.0 Å². The van der Waals surface area contributed by atoms with Crippen LogP contribution in [0.3, 0.4) is 0 Å². The SMILES string of the molecule is CCc1ccc(NC(N)=NCc2cccc(OC)c2OC)cc1. The second kappa shape index (κ2) is 8.08. The average Bonchev–Trinajstić information content (AvgIpc) is 2.60. The van der Waals surface area contributed by atoms with Gasteiger partial charge in [0.2, 0.25) is 0 Å². The molecule has 0 aliphatic heterocycles. The lowest BCUT2D eigenvalue weighted by Gasteiger charge is -2.11. The van der Waals surface area contributed by atoms with E-state index in [9.17, 15) is 0 Å². The molecule has 0 spiro atoms. The second-order valence-corrected chi connectivity index (χ2v) is 5.03. The van der Waals surface area contributed by atoms with E-state index in [2.05, 4.69) is 29.4 Å². The number of nitrogens with zero attached hydrogens (tertiary/aromatic N) is 1. The third kappa shape index (κ3) is 4.39. The van der Waals surface area contributed by atoms with Crippen LogP contribution in [0.25, 0.3) is 0 Å². The number of nitrogens with two attached hydrogens (primary N) is 1. The van der Waals surface area contributed by atoms with Gasteiger partial charge in [0.05, 0.1) is 20.8 Å². The van der Waals surface area contributed by atoms with E-state index in [1.807, 2.05) is 30.3 Å². The van der Waals surface area contributed by atoms with Gasteiger partial charge in [0.15, 0.2) is 17.5 Å². The first-order chi connectivity index (χ1) is 11.2. The molecule has 0 aliphatic carbocycles. The van der Waals surface area contributed by atoms with Gasteiger partial charge in [-0.1, -0.05) is 31.2 Å². The number of ether oxygens (including phenoxy) is 2. The zero-order valence-electron chi connectivity index (χ0n) is 13.8. The van der Waals surface area contributed by atoms with E-state index in [1.54, 1.807) is 14.2 Å². The third-order valence-corrected chi connectivity index (χ3v) is 3.54. The Morgan fingerprint density at radius 3 is 2.43 bits per heavy atom. The zero-order valence-corrected chi connectivity index (χ0v) is 13.8. The predicted octanol–water partition coefficient (Wildman–Crippen LogP) is 3.19. The lowest BCUT2D eigenvalue weighted by molar-refractivity contribution is 0.352. The summed E-state index contributed by atoms with van der Waals surface area (Å²) in [7, 11) is 3.22. The van der Waals surface area contributed by atoms with E-state index in [1.165, 1.54) is 5.56 Å². The van der Waals surface area contributed by atoms with Crippen LogP contribution in [0.5, 0.6) is 11.5 Å². The van der Waals surface area contributed by atoms with Crippen LogP contribution in [0.15, 0.2) is 47.5 Å². The minimum absolute atomic E-state index is 0.360. The lowest BCUT2D eigenvalue weighted by atomic mass is 10.1. The molecule has 0 unspecified atom stereocenters. The van der Waals surface area contributed by atoms with Gasteiger partial charge in [-0.2, -0.15) is 0 Å². The highest BCUT2D eigenvalue weighted by Crippen LogP contribution is 2.31. The topological polar surface area (TPSA) is 68.9 Å². The molecule has 3 N–H and O–H groups in total. The highest BCUT2D eigenvalue weighted by molar-refractivity contribution is 5.92. The molecule has 2 aromatic carbocycles. The molecule has 0 amide bonds. The molecule has 5 heteroatoms. The number of nitrogens with one attached hydrogen (secondary N) is 1.